The molecule has 1 aromatic rings. The van der Waals surface area contributed by atoms with Crippen LogP contribution in [0.3, 0.4) is 0 Å². The summed E-state index contributed by atoms with van der Waals surface area (Å²) in [6.07, 6.45) is 1.21. The van der Waals surface area contributed by atoms with Crippen LogP contribution in [0.2, 0.25) is 5.02 Å². The number of hydrogen-bond acceptors (Lipinski definition) is 2. The molecule has 4 atom stereocenters. The van der Waals surface area contributed by atoms with Gasteiger partial charge < -0.3 is 10.4 Å². The summed E-state index contributed by atoms with van der Waals surface area (Å²) in [5.41, 5.74) is 0.950. The minimum atomic E-state index is -0.876. The van der Waals surface area contributed by atoms with E-state index in [2.05, 4.69) is 5.32 Å². The number of amides is 1. The minimum absolute atomic E-state index is 0.167. The quantitative estimate of drug-likeness (QED) is 0.897. The van der Waals surface area contributed by atoms with E-state index in [-0.39, 0.29) is 17.9 Å². The fourth-order valence-corrected chi connectivity index (χ4v) is 3.14. The third-order valence-electron chi connectivity index (χ3n) is 4.18. The number of benzene rings is 1. The predicted molar refractivity (Wildman–Crippen MR) is 81.0 cm³/mol. The lowest BCUT2D eigenvalue weighted by molar-refractivity contribution is -0.146. The van der Waals surface area contributed by atoms with Crippen LogP contribution in [0.1, 0.15) is 38.3 Å². The maximum Gasteiger partial charge on any atom is 0.307 e. The normalized spacial score (nSPS) is 26.3. The number of nitrogens with one attached hydrogen (secondary N) is 1. The van der Waals surface area contributed by atoms with Crippen molar-refractivity contribution in [3.05, 3.63) is 34.9 Å². The van der Waals surface area contributed by atoms with Crippen LogP contribution in [-0.2, 0) is 9.59 Å². The molecule has 1 aliphatic rings. The standard InChI is InChI=1S/C16H20ClNO3/c1-9-7-13(14(8-9)16(20)21)15(19)18-10(2)11-3-5-12(17)6-4-11/h3-6,9-10,13-14H,7-8H2,1-2H3,(H,18,19)(H,20,21)/t9?,10-,13?,14?/m1/s1. The lowest BCUT2D eigenvalue weighted by Gasteiger charge is -2.20. The zero-order valence-electron chi connectivity index (χ0n) is 12.2. The number of hydrogen-bond donors (Lipinski definition) is 2. The van der Waals surface area contributed by atoms with Gasteiger partial charge in [0.2, 0.25) is 5.91 Å². The number of carboxylic acid groups (broad SMARTS) is 1. The van der Waals surface area contributed by atoms with Gasteiger partial charge in [0, 0.05) is 5.02 Å². The van der Waals surface area contributed by atoms with Gasteiger partial charge in [-0.3, -0.25) is 9.59 Å². The Morgan fingerprint density at radius 1 is 1.24 bits per heavy atom. The Bertz CT molecular complexity index is 529. The van der Waals surface area contributed by atoms with Crippen molar-refractivity contribution < 1.29 is 14.7 Å². The fourth-order valence-electron chi connectivity index (χ4n) is 3.01. The summed E-state index contributed by atoms with van der Waals surface area (Å²) < 4.78 is 0. The van der Waals surface area contributed by atoms with Crippen LogP contribution < -0.4 is 5.32 Å². The maximum atomic E-state index is 12.4. The largest absolute Gasteiger partial charge is 0.481 e. The van der Waals surface area contributed by atoms with Crippen molar-refractivity contribution in [2.75, 3.05) is 0 Å². The van der Waals surface area contributed by atoms with Crippen LogP contribution in [0.25, 0.3) is 0 Å². The molecule has 1 amide bonds. The second-order valence-electron chi connectivity index (χ2n) is 5.91. The second-order valence-corrected chi connectivity index (χ2v) is 6.35. The van der Waals surface area contributed by atoms with Gasteiger partial charge in [0.05, 0.1) is 17.9 Å². The average Bonchev–Trinajstić information content (AvgIpc) is 2.82. The Balaban J connectivity index is 2.03. The highest BCUT2D eigenvalue weighted by Gasteiger charge is 2.41. The zero-order chi connectivity index (χ0) is 15.6. The lowest BCUT2D eigenvalue weighted by Crippen LogP contribution is -2.36. The molecule has 0 radical (unpaired) electrons. The lowest BCUT2D eigenvalue weighted by atomic mass is 9.94. The van der Waals surface area contributed by atoms with E-state index >= 15 is 0 Å². The topological polar surface area (TPSA) is 66.4 Å². The first-order chi connectivity index (χ1) is 9.88. The van der Waals surface area contributed by atoms with Gasteiger partial charge in [-0.2, -0.15) is 0 Å². The van der Waals surface area contributed by atoms with E-state index in [1.54, 1.807) is 12.1 Å². The molecular formula is C16H20ClNO3. The third kappa shape index (κ3) is 3.76. The van der Waals surface area contributed by atoms with E-state index in [1.807, 2.05) is 26.0 Å². The summed E-state index contributed by atoms with van der Waals surface area (Å²) in [4.78, 5) is 23.6. The molecule has 0 saturated heterocycles. The van der Waals surface area contributed by atoms with Gasteiger partial charge in [-0.15, -0.1) is 0 Å². The third-order valence-corrected chi connectivity index (χ3v) is 4.43. The van der Waals surface area contributed by atoms with Gasteiger partial charge >= 0.3 is 5.97 Å². The van der Waals surface area contributed by atoms with Crippen molar-refractivity contribution in [3.8, 4) is 0 Å². The van der Waals surface area contributed by atoms with Crippen molar-refractivity contribution in [2.24, 2.45) is 17.8 Å². The summed E-state index contributed by atoms with van der Waals surface area (Å²) in [6, 6.07) is 7.10. The summed E-state index contributed by atoms with van der Waals surface area (Å²) in [6.45, 7) is 3.88. The molecule has 21 heavy (non-hydrogen) atoms. The minimum Gasteiger partial charge on any atom is -0.481 e. The van der Waals surface area contributed by atoms with Crippen molar-refractivity contribution in [2.45, 2.75) is 32.7 Å². The Morgan fingerprint density at radius 3 is 2.38 bits per heavy atom. The fraction of sp³-hybridized carbons (Fsp3) is 0.500. The predicted octanol–water partition coefficient (Wildman–Crippen LogP) is 3.26. The Hall–Kier alpha value is -1.55. The Labute approximate surface area is 129 Å². The van der Waals surface area contributed by atoms with Crippen molar-refractivity contribution >= 4 is 23.5 Å². The first-order valence-electron chi connectivity index (χ1n) is 7.17. The zero-order valence-corrected chi connectivity index (χ0v) is 12.9. The first kappa shape index (κ1) is 15.8. The number of carboxylic acids is 1. The van der Waals surface area contributed by atoms with Crippen LogP contribution in [-0.4, -0.2) is 17.0 Å². The van der Waals surface area contributed by atoms with Crippen molar-refractivity contribution in [3.63, 3.8) is 0 Å². The molecule has 0 bridgehead atoms. The molecule has 5 heteroatoms. The summed E-state index contributed by atoms with van der Waals surface area (Å²) in [7, 11) is 0. The number of carbonyl (C=O) groups excluding carboxylic acids is 1. The highest BCUT2D eigenvalue weighted by atomic mass is 35.5. The average molecular weight is 310 g/mol. The molecule has 1 fully saturated rings. The summed E-state index contributed by atoms with van der Waals surface area (Å²) in [5.74, 6) is -1.79. The van der Waals surface area contributed by atoms with Crippen LogP contribution in [0.4, 0.5) is 0 Å². The van der Waals surface area contributed by atoms with Gasteiger partial charge in [0.25, 0.3) is 0 Å². The van der Waals surface area contributed by atoms with E-state index in [0.717, 1.165) is 5.56 Å². The van der Waals surface area contributed by atoms with Crippen LogP contribution in [0.15, 0.2) is 24.3 Å². The smallest absolute Gasteiger partial charge is 0.307 e. The van der Waals surface area contributed by atoms with Crippen LogP contribution in [0.5, 0.6) is 0 Å². The van der Waals surface area contributed by atoms with Gasteiger partial charge in [-0.25, -0.2) is 0 Å². The highest BCUT2D eigenvalue weighted by molar-refractivity contribution is 6.30. The molecule has 1 aromatic carbocycles. The monoisotopic (exact) mass is 309 g/mol. The van der Waals surface area contributed by atoms with Gasteiger partial charge in [-0.05, 0) is 43.4 Å². The number of rotatable bonds is 4. The van der Waals surface area contributed by atoms with Gasteiger partial charge in [0.15, 0.2) is 0 Å². The molecule has 0 aliphatic heterocycles. The van der Waals surface area contributed by atoms with Crippen molar-refractivity contribution in [1.29, 1.82) is 0 Å². The van der Waals surface area contributed by atoms with E-state index in [4.69, 9.17) is 11.6 Å². The Morgan fingerprint density at radius 2 is 1.81 bits per heavy atom. The van der Waals surface area contributed by atoms with Crippen LogP contribution in [0, 0.1) is 17.8 Å². The molecule has 114 valence electrons. The molecule has 2 rings (SSSR count). The summed E-state index contributed by atoms with van der Waals surface area (Å²) >= 11 is 5.84. The molecule has 1 aliphatic carbocycles. The Kier molecular flexibility index (Phi) is 4.88. The molecule has 4 nitrogen and oxygen atoms in total. The van der Waals surface area contributed by atoms with Crippen molar-refractivity contribution in [1.82, 2.24) is 5.32 Å². The molecule has 2 N–H and O–H groups in total. The molecular weight excluding hydrogens is 290 g/mol. The van der Waals surface area contributed by atoms with Gasteiger partial charge in [-0.1, -0.05) is 30.7 Å². The summed E-state index contributed by atoms with van der Waals surface area (Å²) in [5, 5.41) is 12.8. The van der Waals surface area contributed by atoms with Gasteiger partial charge in [0.1, 0.15) is 0 Å². The number of carbonyl (C=O) groups is 2. The van der Waals surface area contributed by atoms with E-state index in [0.29, 0.717) is 17.9 Å². The van der Waals surface area contributed by atoms with E-state index in [1.165, 1.54) is 0 Å². The number of halogens is 1. The van der Waals surface area contributed by atoms with Crippen LogP contribution >= 0.6 is 11.6 Å². The molecule has 0 spiro atoms. The van der Waals surface area contributed by atoms with E-state index in [9.17, 15) is 14.7 Å². The maximum absolute atomic E-state index is 12.4. The first-order valence-corrected chi connectivity index (χ1v) is 7.55. The molecule has 3 unspecified atom stereocenters. The molecule has 1 saturated carbocycles. The molecule has 0 aromatic heterocycles. The number of aliphatic carboxylic acids is 1. The SMILES string of the molecule is CC1CC(C(=O)O)C(C(=O)N[C@H](C)c2ccc(Cl)cc2)C1. The van der Waals surface area contributed by atoms with E-state index < -0.39 is 17.8 Å². The molecule has 0 heterocycles. The highest BCUT2D eigenvalue weighted by Crippen LogP contribution is 2.36. The second kappa shape index (κ2) is 6.48.